The minimum atomic E-state index is -0.0439. The summed E-state index contributed by atoms with van der Waals surface area (Å²) in [6, 6.07) is 5.52. The molecule has 0 bridgehead atoms. The van der Waals surface area contributed by atoms with Gasteiger partial charge >= 0.3 is 0 Å². The lowest BCUT2D eigenvalue weighted by Crippen LogP contribution is -2.21. The maximum atomic E-state index is 12.0. The van der Waals surface area contributed by atoms with Crippen LogP contribution in [0.4, 0.5) is 0 Å². The lowest BCUT2D eigenvalue weighted by molar-refractivity contribution is 0.704. The molecule has 15 heavy (non-hydrogen) atoms. The Labute approximate surface area is 99.9 Å². The zero-order chi connectivity index (χ0) is 11.0. The molecule has 1 aromatic heterocycles. The highest BCUT2D eigenvalue weighted by Crippen LogP contribution is 2.15. The number of hydrogen-bond acceptors (Lipinski definition) is 2. The van der Waals surface area contributed by atoms with Gasteiger partial charge in [0.05, 0.1) is 10.9 Å². The number of hydrogen-bond donors (Lipinski definition) is 1. The Bertz CT molecular complexity index is 629. The monoisotopic (exact) mass is 284 g/mol. The number of halogens is 1. The molecule has 0 saturated carbocycles. The van der Waals surface area contributed by atoms with E-state index in [2.05, 4.69) is 20.9 Å². The minimum absolute atomic E-state index is 0.0439. The summed E-state index contributed by atoms with van der Waals surface area (Å²) >= 11 is 8.44. The van der Waals surface area contributed by atoms with E-state index in [0.717, 1.165) is 9.99 Å². The van der Waals surface area contributed by atoms with Crippen molar-refractivity contribution in [1.29, 1.82) is 0 Å². The molecule has 1 heterocycles. The first-order valence-corrected chi connectivity index (χ1v) is 5.76. The predicted molar refractivity (Wildman–Crippen MR) is 66.8 cm³/mol. The third kappa shape index (κ3) is 1.77. The van der Waals surface area contributed by atoms with Crippen LogP contribution in [0.2, 0.25) is 0 Å². The number of rotatable bonds is 1. The summed E-state index contributed by atoms with van der Waals surface area (Å²) in [6.07, 6.45) is 0. The normalized spacial score (nSPS) is 10.8. The number of fused-ring (bicyclic) bond motifs is 1. The fourth-order valence-corrected chi connectivity index (χ4v) is 2.19. The van der Waals surface area contributed by atoms with E-state index < -0.39 is 0 Å². The average Bonchev–Trinajstić information content (AvgIpc) is 2.20. The molecule has 0 radical (unpaired) electrons. The number of nitrogens with zero attached hydrogens (tertiary/aromatic N) is 1. The molecular formula is C10H9BrN2OS. The Morgan fingerprint density at radius 1 is 1.53 bits per heavy atom. The van der Waals surface area contributed by atoms with Gasteiger partial charge in [-0.1, -0.05) is 15.9 Å². The van der Waals surface area contributed by atoms with Crippen molar-refractivity contribution in [3.05, 3.63) is 37.8 Å². The van der Waals surface area contributed by atoms with Crippen LogP contribution in [0.15, 0.2) is 27.5 Å². The largest absolute Gasteiger partial charge is 0.332 e. The van der Waals surface area contributed by atoms with Gasteiger partial charge in [0.1, 0.15) is 0 Å². The summed E-state index contributed by atoms with van der Waals surface area (Å²) < 4.78 is 2.90. The first kappa shape index (κ1) is 10.6. The quantitative estimate of drug-likeness (QED) is 0.818. The minimum Gasteiger partial charge on any atom is -0.332 e. The van der Waals surface area contributed by atoms with Gasteiger partial charge in [-0.05, 0) is 37.3 Å². The third-order valence-corrected chi connectivity index (χ3v) is 3.08. The van der Waals surface area contributed by atoms with Crippen LogP contribution in [0.25, 0.3) is 10.9 Å². The summed E-state index contributed by atoms with van der Waals surface area (Å²) in [4.78, 5) is 15.0. The number of H-pyrrole nitrogens is 1. The topological polar surface area (TPSA) is 37.8 Å². The van der Waals surface area contributed by atoms with Crippen LogP contribution >= 0.6 is 28.1 Å². The van der Waals surface area contributed by atoms with Gasteiger partial charge in [0.15, 0.2) is 4.77 Å². The highest BCUT2D eigenvalue weighted by atomic mass is 79.9. The first-order chi connectivity index (χ1) is 7.13. The van der Waals surface area contributed by atoms with Gasteiger partial charge in [-0.25, -0.2) is 0 Å². The van der Waals surface area contributed by atoms with Crippen LogP contribution in [0.1, 0.15) is 6.92 Å². The van der Waals surface area contributed by atoms with E-state index in [1.807, 2.05) is 19.1 Å². The Balaban J connectivity index is 2.99. The zero-order valence-corrected chi connectivity index (χ0v) is 10.5. The van der Waals surface area contributed by atoms with Gasteiger partial charge in [-0.15, -0.1) is 0 Å². The summed E-state index contributed by atoms with van der Waals surface area (Å²) in [5.41, 5.74) is 0.732. The van der Waals surface area contributed by atoms with Gasteiger partial charge in [0.25, 0.3) is 5.56 Å². The number of benzene rings is 1. The van der Waals surface area contributed by atoms with Crippen LogP contribution < -0.4 is 5.56 Å². The molecular weight excluding hydrogens is 276 g/mol. The Morgan fingerprint density at radius 3 is 2.93 bits per heavy atom. The second kappa shape index (κ2) is 3.90. The molecule has 0 aliphatic carbocycles. The molecule has 0 spiro atoms. The highest BCUT2D eigenvalue weighted by molar-refractivity contribution is 9.10. The molecule has 0 amide bonds. The van der Waals surface area contributed by atoms with Crippen LogP contribution in [0, 0.1) is 4.77 Å². The van der Waals surface area contributed by atoms with Crippen LogP contribution in [0.5, 0.6) is 0 Å². The summed E-state index contributed by atoms with van der Waals surface area (Å²) in [6.45, 7) is 2.48. The van der Waals surface area contributed by atoms with Gasteiger partial charge in [0, 0.05) is 11.0 Å². The van der Waals surface area contributed by atoms with E-state index in [9.17, 15) is 4.79 Å². The Hall–Kier alpha value is -0.940. The molecule has 2 rings (SSSR count). The molecule has 0 aliphatic heterocycles. The fourth-order valence-electron chi connectivity index (χ4n) is 1.51. The first-order valence-electron chi connectivity index (χ1n) is 4.56. The average molecular weight is 285 g/mol. The van der Waals surface area contributed by atoms with Crippen molar-refractivity contribution in [3.8, 4) is 0 Å². The van der Waals surface area contributed by atoms with E-state index in [0.29, 0.717) is 16.7 Å². The van der Waals surface area contributed by atoms with Crippen LogP contribution in [0.3, 0.4) is 0 Å². The predicted octanol–water partition coefficient (Wildman–Crippen LogP) is 2.84. The van der Waals surface area contributed by atoms with Crippen LogP contribution in [-0.4, -0.2) is 9.55 Å². The van der Waals surface area contributed by atoms with Crippen molar-refractivity contribution in [3.63, 3.8) is 0 Å². The lowest BCUT2D eigenvalue weighted by Gasteiger charge is -2.04. The molecule has 0 aliphatic rings. The van der Waals surface area contributed by atoms with Gasteiger partial charge in [-0.3, -0.25) is 9.36 Å². The van der Waals surface area contributed by atoms with Gasteiger partial charge in [-0.2, -0.15) is 0 Å². The van der Waals surface area contributed by atoms with Gasteiger partial charge < -0.3 is 4.98 Å². The van der Waals surface area contributed by atoms with Crippen molar-refractivity contribution in [1.82, 2.24) is 9.55 Å². The second-order valence-electron chi connectivity index (χ2n) is 3.17. The van der Waals surface area contributed by atoms with Crippen molar-refractivity contribution < 1.29 is 0 Å². The standard InChI is InChI=1S/C10H9BrN2OS/c1-2-13-9(14)7-5-6(11)3-4-8(7)12-10(13)15/h3-5H,2H2,1H3,(H,12,15). The van der Waals surface area contributed by atoms with E-state index >= 15 is 0 Å². The van der Waals surface area contributed by atoms with E-state index in [1.54, 1.807) is 10.6 Å². The molecule has 2 aromatic rings. The third-order valence-electron chi connectivity index (χ3n) is 2.26. The van der Waals surface area contributed by atoms with E-state index in [4.69, 9.17) is 12.2 Å². The fraction of sp³-hybridized carbons (Fsp3) is 0.200. The van der Waals surface area contributed by atoms with Gasteiger partial charge in [0.2, 0.25) is 0 Å². The highest BCUT2D eigenvalue weighted by Gasteiger charge is 2.04. The molecule has 0 atom stereocenters. The number of aromatic nitrogens is 2. The number of nitrogens with one attached hydrogen (secondary N) is 1. The molecule has 5 heteroatoms. The van der Waals surface area contributed by atoms with Crippen molar-refractivity contribution in [2.24, 2.45) is 0 Å². The van der Waals surface area contributed by atoms with E-state index in [-0.39, 0.29) is 5.56 Å². The van der Waals surface area contributed by atoms with Crippen molar-refractivity contribution >= 4 is 39.1 Å². The lowest BCUT2D eigenvalue weighted by atomic mass is 10.2. The summed E-state index contributed by atoms with van der Waals surface area (Å²) in [5.74, 6) is 0. The smallest absolute Gasteiger partial charge is 0.262 e. The molecule has 78 valence electrons. The Morgan fingerprint density at radius 2 is 2.27 bits per heavy atom. The van der Waals surface area contributed by atoms with E-state index in [1.165, 1.54) is 0 Å². The van der Waals surface area contributed by atoms with Crippen LogP contribution in [-0.2, 0) is 6.54 Å². The number of aromatic amines is 1. The molecule has 0 fully saturated rings. The summed E-state index contributed by atoms with van der Waals surface area (Å²) in [7, 11) is 0. The van der Waals surface area contributed by atoms with Crippen molar-refractivity contribution in [2.75, 3.05) is 0 Å². The Kier molecular flexibility index (Phi) is 2.75. The SMILES string of the molecule is CCn1c(=S)[nH]c2ccc(Br)cc2c1=O. The molecule has 1 aromatic carbocycles. The molecule has 1 N–H and O–H groups in total. The second-order valence-corrected chi connectivity index (χ2v) is 4.47. The van der Waals surface area contributed by atoms with Crippen molar-refractivity contribution in [2.45, 2.75) is 13.5 Å². The zero-order valence-electron chi connectivity index (χ0n) is 8.08. The molecule has 3 nitrogen and oxygen atoms in total. The maximum absolute atomic E-state index is 12.0. The summed E-state index contributed by atoms with van der Waals surface area (Å²) in [5, 5.41) is 0.653. The molecule has 0 saturated heterocycles. The molecule has 0 unspecified atom stereocenters. The maximum Gasteiger partial charge on any atom is 0.262 e.